The Morgan fingerprint density at radius 3 is 0.544 bits per heavy atom. The minimum absolute atomic E-state index is 0.731. The quantitative estimate of drug-likeness (QED) is 0.155. The van der Waals surface area contributed by atoms with E-state index in [0.29, 0.717) is 0 Å². The van der Waals surface area contributed by atoms with Crippen LogP contribution in [0.2, 0.25) is 0 Å². The van der Waals surface area contributed by atoms with Gasteiger partial charge in [-0.1, -0.05) is 48.5 Å². The number of rotatable bonds is 1. The molecule has 10 aromatic carbocycles. The third-order valence-electron chi connectivity index (χ3n) is 29.8. The summed E-state index contributed by atoms with van der Waals surface area (Å²) in [6.07, 6.45) is 28.5. The van der Waals surface area contributed by atoms with Crippen molar-refractivity contribution in [2.24, 2.45) is 47.3 Å². The standard InChI is InChI=1S/C88H76N2/c1-41-5-59-6-42(1)14-63(13-41)71-25-55-37-83-75(29-49(55)21-67(59)71)79-33-53(34-80-76-30-50-22-68-60-7-43-2-44(8-60)16-64(15-43)72(68)26-56(50)38-84(76)89(83)87(79)80)54-35-81-77-31-51-23-69-61-9-45-3-46(10-61)18-65(17-45)73(69)27-57(51)39-85(77)90-86-40-58-28-74-66-19-47-4-48(20-66)12-62(11-47)70(74)24-52(58)32-78(86)82(36-54)88(81)90/h21-48,59-66H,1-20H2. The van der Waals surface area contributed by atoms with Crippen LogP contribution in [0.1, 0.15) is 220 Å². The highest BCUT2D eigenvalue weighted by Crippen LogP contribution is 2.62. The summed E-state index contributed by atoms with van der Waals surface area (Å²) in [6.45, 7) is 0. The lowest BCUT2D eigenvalue weighted by molar-refractivity contribution is 0.165. The van der Waals surface area contributed by atoms with Crippen LogP contribution in [0.3, 0.4) is 0 Å². The largest absolute Gasteiger partial charge is 0.308 e. The highest BCUT2D eigenvalue weighted by Gasteiger charge is 2.47. The van der Waals surface area contributed by atoms with Crippen molar-refractivity contribution in [1.82, 2.24) is 8.80 Å². The average Bonchev–Trinajstić information content (AvgIpc) is 1.72. The first kappa shape index (κ1) is 47.7. The Labute approximate surface area is 525 Å². The first-order valence-corrected chi connectivity index (χ1v) is 36.8. The van der Waals surface area contributed by atoms with Crippen LogP contribution < -0.4 is 0 Å². The van der Waals surface area contributed by atoms with Crippen LogP contribution in [0, 0.1) is 47.3 Å². The molecule has 8 fully saturated rings. The van der Waals surface area contributed by atoms with E-state index < -0.39 is 0 Å². The molecule has 0 radical (unpaired) electrons. The van der Waals surface area contributed by atoms with Crippen LogP contribution in [-0.2, 0) is 0 Å². The zero-order valence-electron chi connectivity index (χ0n) is 51.8. The maximum absolute atomic E-state index is 2.76. The molecule has 4 aromatic heterocycles. The molecule has 16 aliphatic rings. The first-order chi connectivity index (χ1) is 44.3. The molecule has 16 aliphatic carbocycles. The van der Waals surface area contributed by atoms with Crippen LogP contribution >= 0.6 is 0 Å². The molecular formula is C88H76N2. The van der Waals surface area contributed by atoms with Crippen molar-refractivity contribution in [2.75, 3.05) is 0 Å². The van der Waals surface area contributed by atoms with Gasteiger partial charge in [0.1, 0.15) is 0 Å². The Morgan fingerprint density at radius 2 is 0.356 bits per heavy atom. The number of fused-ring (bicyclic) bond motifs is 16. The van der Waals surface area contributed by atoms with E-state index in [0.717, 1.165) is 94.7 Å². The number of hydrogen-bond donors (Lipinski definition) is 0. The Morgan fingerprint density at radius 1 is 0.178 bits per heavy atom. The normalized spacial score (nSPS) is 33.1. The summed E-state index contributed by atoms with van der Waals surface area (Å²) >= 11 is 0. The van der Waals surface area contributed by atoms with Gasteiger partial charge in [-0.25, -0.2) is 0 Å². The predicted octanol–water partition coefficient (Wildman–Crippen LogP) is 23.8. The summed E-state index contributed by atoms with van der Waals surface area (Å²) in [4.78, 5) is 0. The minimum Gasteiger partial charge on any atom is -0.308 e. The molecule has 0 N–H and O–H groups in total. The van der Waals surface area contributed by atoms with E-state index in [2.05, 4.69) is 130 Å². The van der Waals surface area contributed by atoms with Crippen LogP contribution in [0.4, 0.5) is 0 Å². The third-order valence-corrected chi connectivity index (χ3v) is 29.8. The number of nitrogens with zero attached hydrogens (tertiary/aromatic N) is 2. The van der Waals surface area contributed by atoms with Crippen molar-refractivity contribution >= 4 is 119 Å². The van der Waals surface area contributed by atoms with Crippen molar-refractivity contribution in [3.05, 3.63) is 166 Å². The molecule has 16 bridgehead atoms. The maximum Gasteiger partial charge on any atom is 0.0620 e. The van der Waals surface area contributed by atoms with Gasteiger partial charge in [0.2, 0.25) is 0 Å². The Hall–Kier alpha value is -7.16. The number of aromatic nitrogens is 2. The average molecular weight is 1160 g/mol. The smallest absolute Gasteiger partial charge is 0.0620 e. The van der Waals surface area contributed by atoms with Crippen LogP contribution in [0.15, 0.2) is 121 Å². The molecule has 0 aliphatic heterocycles. The second kappa shape index (κ2) is 16.0. The molecule has 2 heteroatoms. The minimum atomic E-state index is 0.731. The lowest BCUT2D eigenvalue weighted by Crippen LogP contribution is -2.25. The van der Waals surface area contributed by atoms with Crippen molar-refractivity contribution in [1.29, 1.82) is 0 Å². The van der Waals surface area contributed by atoms with E-state index in [-0.39, 0.29) is 0 Å². The van der Waals surface area contributed by atoms with Crippen LogP contribution in [0.25, 0.3) is 130 Å². The van der Waals surface area contributed by atoms with E-state index in [9.17, 15) is 0 Å². The fraction of sp³-hybridized carbons (Fsp3) is 0.409. The second-order valence-corrected chi connectivity index (χ2v) is 34.5. The van der Waals surface area contributed by atoms with Crippen molar-refractivity contribution in [3.8, 4) is 11.1 Å². The lowest BCUT2D eigenvalue weighted by atomic mass is 9.67. The summed E-state index contributed by atoms with van der Waals surface area (Å²) in [7, 11) is 0. The molecule has 4 heterocycles. The summed E-state index contributed by atoms with van der Waals surface area (Å²) in [5.74, 6) is 13.2. The van der Waals surface area contributed by atoms with Gasteiger partial charge in [-0.3, -0.25) is 0 Å². The molecule has 2 nitrogen and oxygen atoms in total. The summed E-state index contributed by atoms with van der Waals surface area (Å²) < 4.78 is 5.52. The summed E-state index contributed by atoms with van der Waals surface area (Å²) in [5.41, 5.74) is 24.8. The Balaban J connectivity index is 0.749. The maximum atomic E-state index is 2.76. The molecule has 438 valence electrons. The van der Waals surface area contributed by atoms with Gasteiger partial charge in [-0.05, 0) is 395 Å². The monoisotopic (exact) mass is 1160 g/mol. The zero-order valence-corrected chi connectivity index (χ0v) is 51.8. The topological polar surface area (TPSA) is 8.82 Å². The summed E-state index contributed by atoms with van der Waals surface area (Å²) in [5, 5.41) is 23.0. The van der Waals surface area contributed by atoms with Crippen molar-refractivity contribution in [2.45, 2.75) is 176 Å². The zero-order chi connectivity index (χ0) is 57.2. The lowest BCUT2D eigenvalue weighted by Gasteiger charge is -2.38. The molecular weight excluding hydrogens is 1080 g/mol. The SMILES string of the molecule is c1c2c(cc3cc4c(cc13)c1cc(-c3cc5c6cc7cc8c(cc7cc6n6c7cc9cc%10c(cc9cc7c(c3)c56)C3CC5CC(C3)CC%10C5)C3CC5CC(CC8C5)C3)cc3c5cc6cc7c(cc6cc5n4c13)C1CC3CC(CC7C3)C1)C1CC3CC(CC2C3)C1. The van der Waals surface area contributed by atoms with Gasteiger partial charge in [0.05, 0.1) is 33.1 Å². The fourth-order valence-corrected chi connectivity index (χ4v) is 27.0. The highest BCUT2D eigenvalue weighted by molar-refractivity contribution is 6.30. The second-order valence-electron chi connectivity index (χ2n) is 34.5. The molecule has 8 saturated carbocycles. The van der Waals surface area contributed by atoms with Gasteiger partial charge >= 0.3 is 0 Å². The van der Waals surface area contributed by atoms with E-state index in [1.165, 1.54) is 259 Å². The summed E-state index contributed by atoms with van der Waals surface area (Å²) in [6, 6.07) is 53.7. The predicted molar refractivity (Wildman–Crippen MR) is 373 cm³/mol. The Kier molecular flexibility index (Phi) is 8.48. The molecule has 90 heavy (non-hydrogen) atoms. The van der Waals surface area contributed by atoms with Crippen LogP contribution in [0.5, 0.6) is 0 Å². The molecule has 8 unspecified atom stereocenters. The number of benzene rings is 10. The molecule has 0 amide bonds. The highest BCUT2D eigenvalue weighted by atomic mass is 14.9. The van der Waals surface area contributed by atoms with Gasteiger partial charge in [-0.2, -0.15) is 0 Å². The van der Waals surface area contributed by atoms with E-state index in [1.807, 2.05) is 0 Å². The fourth-order valence-electron chi connectivity index (χ4n) is 27.0. The van der Waals surface area contributed by atoms with Crippen molar-refractivity contribution < 1.29 is 0 Å². The van der Waals surface area contributed by atoms with Crippen LogP contribution in [-0.4, -0.2) is 8.80 Å². The van der Waals surface area contributed by atoms with E-state index >= 15 is 0 Å². The van der Waals surface area contributed by atoms with E-state index in [4.69, 9.17) is 0 Å². The van der Waals surface area contributed by atoms with Gasteiger partial charge < -0.3 is 8.80 Å². The molecule has 0 spiro atoms. The van der Waals surface area contributed by atoms with E-state index in [1.54, 1.807) is 44.5 Å². The Bertz CT molecular complexity index is 4980. The first-order valence-electron chi connectivity index (χ1n) is 36.8. The number of hydrogen-bond acceptors (Lipinski definition) is 0. The van der Waals surface area contributed by atoms with Gasteiger partial charge in [0.25, 0.3) is 0 Å². The molecule has 14 aromatic rings. The third kappa shape index (κ3) is 6.01. The molecule has 0 saturated heterocycles. The van der Waals surface area contributed by atoms with Gasteiger partial charge in [0.15, 0.2) is 0 Å². The molecule has 8 atom stereocenters. The van der Waals surface area contributed by atoms with Gasteiger partial charge in [0, 0.05) is 43.1 Å². The van der Waals surface area contributed by atoms with Crippen molar-refractivity contribution in [3.63, 3.8) is 0 Å². The van der Waals surface area contributed by atoms with Gasteiger partial charge in [-0.15, -0.1) is 0 Å². The molecule has 30 rings (SSSR count).